The van der Waals surface area contributed by atoms with Crippen LogP contribution in [-0.4, -0.2) is 18.5 Å². The van der Waals surface area contributed by atoms with E-state index < -0.39 is 14.4 Å². The monoisotopic (exact) mass is 660 g/mol. The normalized spacial score (nSPS) is 13.3. The maximum atomic E-state index is 14.7. The maximum absolute atomic E-state index is 14.7. The van der Waals surface area contributed by atoms with E-state index >= 15 is 0 Å². The van der Waals surface area contributed by atoms with Gasteiger partial charge in [0.2, 0.25) is 0 Å². The second-order valence-corrected chi connectivity index (χ2v) is 20.1. The molecule has 1 atom stereocenters. The molecular weight excluding hydrogens is 606 g/mol. The molecule has 0 aliphatic rings. The Morgan fingerprint density at radius 1 is 0.543 bits per heavy atom. The molecule has 0 fully saturated rings. The Morgan fingerprint density at radius 2 is 0.978 bits per heavy atom. The van der Waals surface area contributed by atoms with Gasteiger partial charge >= 0.3 is 279 Å². The molecule has 1 unspecified atom stereocenters. The van der Waals surface area contributed by atoms with Crippen LogP contribution in [0.4, 0.5) is 0 Å². The van der Waals surface area contributed by atoms with Crippen LogP contribution in [0.2, 0.25) is 0 Å². The zero-order chi connectivity index (χ0) is 32.7. The first-order valence-corrected chi connectivity index (χ1v) is 21.7. The number of para-hydroxylation sites is 3. The third kappa shape index (κ3) is 8.44. The molecule has 0 spiro atoms. The summed E-state index contributed by atoms with van der Waals surface area (Å²) in [5.41, 5.74) is 1.38. The van der Waals surface area contributed by atoms with Gasteiger partial charge in [0.15, 0.2) is 0 Å². The van der Waals surface area contributed by atoms with Gasteiger partial charge in [-0.1, -0.05) is 0 Å². The third-order valence-corrected chi connectivity index (χ3v) is 18.9. The van der Waals surface area contributed by atoms with Gasteiger partial charge in [-0.25, -0.2) is 0 Å². The number of hydrogen-bond acceptors (Lipinski definition) is 4. The van der Waals surface area contributed by atoms with Crippen molar-refractivity contribution in [2.45, 2.75) is 84.7 Å². The Balaban J connectivity index is 1.94. The number of benzene rings is 4. The summed E-state index contributed by atoms with van der Waals surface area (Å²) < 4.78 is 33.5. The fourth-order valence-electron chi connectivity index (χ4n) is 7.22. The van der Waals surface area contributed by atoms with Gasteiger partial charge in [-0.2, -0.15) is 0 Å². The van der Waals surface area contributed by atoms with Gasteiger partial charge in [0.05, 0.1) is 0 Å². The molecule has 0 aliphatic carbocycles. The summed E-state index contributed by atoms with van der Waals surface area (Å²) in [6.45, 7) is 6.55. The number of hydrogen-bond donors (Lipinski definition) is 0. The predicted molar refractivity (Wildman–Crippen MR) is 199 cm³/mol. The van der Waals surface area contributed by atoms with E-state index in [-0.39, 0.29) is 5.66 Å². The Morgan fingerprint density at radius 3 is 1.43 bits per heavy atom. The molecule has 248 valence electrons. The van der Waals surface area contributed by atoms with Gasteiger partial charge in [-0.15, -0.1) is 0 Å². The van der Waals surface area contributed by atoms with Gasteiger partial charge < -0.3 is 0 Å². The SMILES string of the molecule is CCCCP(CCCC)(CCCC)(c1ccccc1)C(CCC)c1ccccc1OP(=O)(Oc1ccccc1)Oc1ccccc1. The Hall–Kier alpha value is -3.06. The van der Waals surface area contributed by atoms with Crippen LogP contribution >= 0.6 is 14.4 Å². The number of unbranched alkanes of at least 4 members (excludes halogenated alkanes) is 3. The van der Waals surface area contributed by atoms with Crippen LogP contribution in [0.5, 0.6) is 17.2 Å². The molecule has 0 N–H and O–H groups in total. The molecule has 46 heavy (non-hydrogen) atoms. The van der Waals surface area contributed by atoms with Crippen LogP contribution in [0.3, 0.4) is 0 Å². The van der Waals surface area contributed by atoms with E-state index in [1.165, 1.54) is 37.7 Å². The predicted octanol–water partition coefficient (Wildman–Crippen LogP) is 12.5. The molecule has 4 aromatic carbocycles. The molecule has 4 nitrogen and oxygen atoms in total. The zero-order valence-electron chi connectivity index (χ0n) is 28.4. The van der Waals surface area contributed by atoms with E-state index in [2.05, 4.69) is 70.2 Å². The molecule has 4 aromatic rings. The fraction of sp³-hybridized carbons (Fsp3) is 0.400. The summed E-state index contributed by atoms with van der Waals surface area (Å²) in [6.07, 6.45) is 12.8. The first-order chi connectivity index (χ1) is 22.4. The average Bonchev–Trinajstić information content (AvgIpc) is 3.09. The van der Waals surface area contributed by atoms with Crippen molar-refractivity contribution in [2.24, 2.45) is 0 Å². The second-order valence-electron chi connectivity index (χ2n) is 12.6. The van der Waals surface area contributed by atoms with E-state index in [0.717, 1.165) is 37.7 Å². The Kier molecular flexibility index (Phi) is 13.4. The minimum absolute atomic E-state index is 0.251. The third-order valence-electron chi connectivity index (χ3n) is 9.45. The number of phosphoric acid groups is 1. The van der Waals surface area contributed by atoms with Crippen LogP contribution in [0.15, 0.2) is 115 Å². The molecular formula is C40H54O4P2. The van der Waals surface area contributed by atoms with Crippen LogP contribution in [0.25, 0.3) is 0 Å². The molecule has 0 amide bonds. The summed E-state index contributed by atoms with van der Waals surface area (Å²) >= 11 is 0. The summed E-state index contributed by atoms with van der Waals surface area (Å²) in [4.78, 5) is 0. The van der Waals surface area contributed by atoms with Crippen LogP contribution < -0.4 is 18.9 Å². The van der Waals surface area contributed by atoms with Crippen molar-refractivity contribution in [3.63, 3.8) is 0 Å². The van der Waals surface area contributed by atoms with Crippen molar-refractivity contribution in [1.82, 2.24) is 0 Å². The molecule has 0 aliphatic heterocycles. The van der Waals surface area contributed by atoms with E-state index in [1.54, 1.807) is 29.6 Å². The topological polar surface area (TPSA) is 44.8 Å². The van der Waals surface area contributed by atoms with Crippen molar-refractivity contribution in [1.29, 1.82) is 0 Å². The number of phosphoric ester groups is 1. The standard InChI is InChI=1S/C40H54O4P2/c1-5-9-32-46(33-10-6-2,34-11-7-3,37-28-19-14-20-29-37)40(23-8-4)38-30-21-22-31-39(38)44-45(41,42-35-24-15-12-16-25-35)43-36-26-17-13-18-27-36/h12-22,24-31,40H,5-11,23,32-34H2,1-4H3. The second kappa shape index (κ2) is 17.2. The molecule has 6 heteroatoms. The molecule has 4 rings (SSSR count). The van der Waals surface area contributed by atoms with Gasteiger partial charge in [-0.05, 0) is 0 Å². The van der Waals surface area contributed by atoms with Gasteiger partial charge in [0.1, 0.15) is 0 Å². The first kappa shape index (κ1) is 35.8. The molecule has 0 bridgehead atoms. The summed E-state index contributed by atoms with van der Waals surface area (Å²) in [6, 6.07) is 38.1. The number of rotatable bonds is 20. The van der Waals surface area contributed by atoms with E-state index in [1.807, 2.05) is 48.5 Å². The minimum atomic E-state index is -4.17. The zero-order valence-corrected chi connectivity index (χ0v) is 30.1. The van der Waals surface area contributed by atoms with Crippen LogP contribution in [0, 0.1) is 0 Å². The van der Waals surface area contributed by atoms with E-state index in [4.69, 9.17) is 13.6 Å². The van der Waals surface area contributed by atoms with Crippen molar-refractivity contribution < 1.29 is 18.1 Å². The van der Waals surface area contributed by atoms with Crippen LogP contribution in [0.1, 0.15) is 90.3 Å². The van der Waals surface area contributed by atoms with E-state index in [9.17, 15) is 4.57 Å². The Bertz CT molecular complexity index is 1420. The van der Waals surface area contributed by atoms with Crippen molar-refractivity contribution >= 4 is 19.7 Å². The molecule has 0 heterocycles. The van der Waals surface area contributed by atoms with Crippen molar-refractivity contribution in [2.75, 3.05) is 18.5 Å². The molecule has 0 saturated carbocycles. The van der Waals surface area contributed by atoms with Crippen molar-refractivity contribution in [3.8, 4) is 17.2 Å². The van der Waals surface area contributed by atoms with Crippen molar-refractivity contribution in [3.05, 3.63) is 121 Å². The average molecular weight is 661 g/mol. The first-order valence-electron chi connectivity index (χ1n) is 17.4. The van der Waals surface area contributed by atoms with Gasteiger partial charge in [0, 0.05) is 0 Å². The van der Waals surface area contributed by atoms with Gasteiger partial charge in [-0.3, -0.25) is 0 Å². The fourth-order valence-corrected chi connectivity index (χ4v) is 17.4. The summed E-state index contributed by atoms with van der Waals surface area (Å²) in [7, 11) is -4.17. The Labute approximate surface area is 278 Å². The molecule has 0 radical (unpaired) electrons. The van der Waals surface area contributed by atoms with E-state index in [0.29, 0.717) is 17.2 Å². The summed E-state index contributed by atoms with van der Waals surface area (Å²) in [5.74, 6) is 1.45. The molecule has 0 saturated heterocycles. The van der Waals surface area contributed by atoms with Crippen LogP contribution in [-0.2, 0) is 4.57 Å². The molecule has 0 aromatic heterocycles. The quantitative estimate of drug-likeness (QED) is 0.0885. The summed E-state index contributed by atoms with van der Waals surface area (Å²) in [5, 5.41) is 1.54. The van der Waals surface area contributed by atoms with Gasteiger partial charge in [0.25, 0.3) is 0 Å².